The predicted molar refractivity (Wildman–Crippen MR) is 91.9 cm³/mol. The van der Waals surface area contributed by atoms with Gasteiger partial charge in [0.15, 0.2) is 0 Å². The van der Waals surface area contributed by atoms with E-state index in [9.17, 15) is 19.2 Å². The van der Waals surface area contributed by atoms with Crippen molar-refractivity contribution in [2.75, 3.05) is 0 Å². The summed E-state index contributed by atoms with van der Waals surface area (Å²) in [4.78, 5) is 46.5. The second-order valence-corrected chi connectivity index (χ2v) is 8.44. The van der Waals surface area contributed by atoms with Gasteiger partial charge in [0.05, 0.1) is 0 Å². The van der Waals surface area contributed by atoms with Gasteiger partial charge in [-0.2, -0.15) is 0 Å². The molecule has 0 fully saturated rings. The van der Waals surface area contributed by atoms with Gasteiger partial charge in [-0.1, -0.05) is 41.5 Å². The third kappa shape index (κ3) is 9.69. The van der Waals surface area contributed by atoms with Crippen LogP contribution in [0.25, 0.3) is 0 Å². The molecule has 0 radical (unpaired) electrons. The van der Waals surface area contributed by atoms with Crippen molar-refractivity contribution in [3.05, 3.63) is 0 Å². The zero-order chi connectivity index (χ0) is 20.0. The van der Waals surface area contributed by atoms with Crippen LogP contribution < -0.4 is 10.6 Å². The molecule has 0 bridgehead atoms. The Morgan fingerprint density at radius 2 is 1.44 bits per heavy atom. The van der Waals surface area contributed by atoms with Gasteiger partial charge >= 0.3 is 11.9 Å². The molecule has 0 unspecified atom stereocenters. The molecule has 0 saturated carbocycles. The largest absolute Gasteiger partial charge is 0.481 e. The molecule has 8 nitrogen and oxygen atoms in total. The smallest absolute Gasteiger partial charge is 0.326 e. The average molecular weight is 358 g/mol. The monoisotopic (exact) mass is 358 g/mol. The van der Waals surface area contributed by atoms with Crippen LogP contribution in [0.1, 0.15) is 60.8 Å². The van der Waals surface area contributed by atoms with E-state index < -0.39 is 35.3 Å². The number of amides is 2. The van der Waals surface area contributed by atoms with Crippen molar-refractivity contribution in [3.63, 3.8) is 0 Å². The SMILES string of the molecule is CC(C)(C)CC(=O)N[C@H](C(=O)N[C@H](CCC(=O)O)C(=O)O)C(C)(C)C. The summed E-state index contributed by atoms with van der Waals surface area (Å²) in [6.07, 6.45) is -0.398. The molecule has 0 aliphatic rings. The van der Waals surface area contributed by atoms with E-state index in [2.05, 4.69) is 10.6 Å². The van der Waals surface area contributed by atoms with Crippen LogP contribution in [-0.2, 0) is 19.2 Å². The second-order valence-electron chi connectivity index (χ2n) is 8.44. The van der Waals surface area contributed by atoms with Crippen LogP contribution in [0.3, 0.4) is 0 Å². The van der Waals surface area contributed by atoms with Crippen molar-refractivity contribution in [2.45, 2.75) is 72.9 Å². The summed E-state index contributed by atoms with van der Waals surface area (Å²) in [5.74, 6) is -3.41. The van der Waals surface area contributed by atoms with Crippen molar-refractivity contribution in [3.8, 4) is 0 Å². The van der Waals surface area contributed by atoms with Gasteiger partial charge in [-0.3, -0.25) is 14.4 Å². The number of carbonyl (C=O) groups is 4. The number of hydrogen-bond donors (Lipinski definition) is 4. The number of nitrogens with one attached hydrogen (secondary N) is 2. The lowest BCUT2D eigenvalue weighted by Gasteiger charge is -2.32. The molecule has 0 rings (SSSR count). The summed E-state index contributed by atoms with van der Waals surface area (Å²) in [6.45, 7) is 10.9. The maximum atomic E-state index is 12.5. The second kappa shape index (κ2) is 8.82. The normalized spacial score (nSPS) is 14.3. The Morgan fingerprint density at radius 3 is 1.80 bits per heavy atom. The summed E-state index contributed by atoms with van der Waals surface area (Å²) >= 11 is 0. The Morgan fingerprint density at radius 1 is 0.920 bits per heavy atom. The number of rotatable bonds is 8. The van der Waals surface area contributed by atoms with E-state index in [4.69, 9.17) is 10.2 Å². The fourth-order valence-electron chi connectivity index (χ4n) is 2.15. The summed E-state index contributed by atoms with van der Waals surface area (Å²) in [5.41, 5.74) is -0.901. The molecular weight excluding hydrogens is 328 g/mol. The van der Waals surface area contributed by atoms with E-state index >= 15 is 0 Å². The molecule has 144 valence electrons. The van der Waals surface area contributed by atoms with Gasteiger partial charge in [0.1, 0.15) is 12.1 Å². The molecule has 0 aromatic heterocycles. The highest BCUT2D eigenvalue weighted by molar-refractivity contribution is 5.91. The highest BCUT2D eigenvalue weighted by atomic mass is 16.4. The molecular formula is C17H30N2O6. The molecule has 0 saturated heterocycles. The van der Waals surface area contributed by atoms with Crippen LogP contribution in [0.2, 0.25) is 0 Å². The van der Waals surface area contributed by atoms with E-state index in [1.54, 1.807) is 20.8 Å². The Balaban J connectivity index is 5.14. The number of carbonyl (C=O) groups excluding carboxylic acids is 2. The third-order valence-corrected chi connectivity index (χ3v) is 3.39. The standard InChI is InChI=1S/C17H30N2O6/c1-16(2,3)9-11(20)19-13(17(4,5)6)14(23)18-10(15(24)25)7-8-12(21)22/h10,13H,7-9H2,1-6H3,(H,18,23)(H,19,20)(H,21,22)(H,24,25)/t10-,13-/m1/s1. The molecule has 0 aliphatic carbocycles. The van der Waals surface area contributed by atoms with Gasteiger partial charge in [0.2, 0.25) is 11.8 Å². The number of aliphatic carboxylic acids is 2. The molecule has 2 atom stereocenters. The van der Waals surface area contributed by atoms with Crippen molar-refractivity contribution < 1.29 is 29.4 Å². The van der Waals surface area contributed by atoms with Crippen molar-refractivity contribution in [1.29, 1.82) is 0 Å². The van der Waals surface area contributed by atoms with Gasteiger partial charge in [0, 0.05) is 12.8 Å². The summed E-state index contributed by atoms with van der Waals surface area (Å²) in [6, 6.07) is -2.26. The fourth-order valence-corrected chi connectivity index (χ4v) is 2.15. The topological polar surface area (TPSA) is 133 Å². The molecule has 0 aromatic carbocycles. The summed E-state index contributed by atoms with van der Waals surface area (Å²) < 4.78 is 0. The van der Waals surface area contributed by atoms with Crippen molar-refractivity contribution in [2.24, 2.45) is 10.8 Å². The minimum Gasteiger partial charge on any atom is -0.481 e. The number of hydrogen-bond acceptors (Lipinski definition) is 4. The molecule has 2 amide bonds. The maximum Gasteiger partial charge on any atom is 0.326 e. The zero-order valence-electron chi connectivity index (χ0n) is 15.8. The van der Waals surface area contributed by atoms with Gasteiger partial charge in [0.25, 0.3) is 0 Å². The lowest BCUT2D eigenvalue weighted by Crippen LogP contribution is -2.56. The Kier molecular flexibility index (Phi) is 8.08. The first-order valence-electron chi connectivity index (χ1n) is 8.18. The third-order valence-electron chi connectivity index (χ3n) is 3.39. The molecule has 8 heteroatoms. The molecule has 0 aliphatic heterocycles. The lowest BCUT2D eigenvalue weighted by atomic mass is 9.85. The number of carboxylic acids is 2. The first-order valence-corrected chi connectivity index (χ1v) is 8.18. The molecule has 0 heterocycles. The molecule has 0 spiro atoms. The van der Waals surface area contributed by atoms with E-state index in [-0.39, 0.29) is 30.6 Å². The van der Waals surface area contributed by atoms with Crippen LogP contribution in [0.15, 0.2) is 0 Å². The Bertz CT molecular complexity index is 516. The fraction of sp³-hybridized carbons (Fsp3) is 0.765. The first kappa shape index (κ1) is 22.9. The van der Waals surface area contributed by atoms with E-state index in [0.717, 1.165) is 0 Å². The molecule has 25 heavy (non-hydrogen) atoms. The summed E-state index contributed by atoms with van der Waals surface area (Å²) in [7, 11) is 0. The first-order chi connectivity index (χ1) is 11.1. The highest BCUT2D eigenvalue weighted by Gasteiger charge is 2.35. The van der Waals surface area contributed by atoms with Gasteiger partial charge < -0.3 is 20.8 Å². The molecule has 0 aromatic rings. The van der Waals surface area contributed by atoms with Crippen LogP contribution in [0.4, 0.5) is 0 Å². The maximum absolute atomic E-state index is 12.5. The minimum absolute atomic E-state index is 0.217. The van der Waals surface area contributed by atoms with Crippen LogP contribution in [0.5, 0.6) is 0 Å². The minimum atomic E-state index is -1.33. The highest BCUT2D eigenvalue weighted by Crippen LogP contribution is 2.22. The van der Waals surface area contributed by atoms with E-state index in [1.807, 2.05) is 20.8 Å². The zero-order valence-corrected chi connectivity index (χ0v) is 15.8. The van der Waals surface area contributed by atoms with Gasteiger partial charge in [-0.15, -0.1) is 0 Å². The predicted octanol–water partition coefficient (Wildman–Crippen LogP) is 1.39. The number of carboxylic acid groups (broad SMARTS) is 2. The van der Waals surface area contributed by atoms with Crippen molar-refractivity contribution >= 4 is 23.8 Å². The average Bonchev–Trinajstić information content (AvgIpc) is 2.36. The quantitative estimate of drug-likeness (QED) is 0.518. The van der Waals surface area contributed by atoms with Crippen LogP contribution >= 0.6 is 0 Å². The van der Waals surface area contributed by atoms with Crippen LogP contribution in [0, 0.1) is 10.8 Å². The van der Waals surface area contributed by atoms with Gasteiger partial charge in [-0.25, -0.2) is 4.79 Å². The summed E-state index contributed by atoms with van der Waals surface area (Å²) in [5, 5.41) is 22.8. The van der Waals surface area contributed by atoms with Gasteiger partial charge in [-0.05, 0) is 17.3 Å². The Labute approximate surface area is 148 Å². The van der Waals surface area contributed by atoms with Crippen molar-refractivity contribution in [1.82, 2.24) is 10.6 Å². The van der Waals surface area contributed by atoms with Crippen LogP contribution in [-0.4, -0.2) is 46.0 Å². The van der Waals surface area contributed by atoms with E-state index in [1.165, 1.54) is 0 Å². The Hall–Kier alpha value is -2.12. The molecule has 4 N–H and O–H groups in total. The lowest BCUT2D eigenvalue weighted by molar-refractivity contribution is -0.144. The van der Waals surface area contributed by atoms with E-state index in [0.29, 0.717) is 0 Å².